The van der Waals surface area contributed by atoms with Crippen molar-refractivity contribution in [3.05, 3.63) is 99.6 Å². The summed E-state index contributed by atoms with van der Waals surface area (Å²) < 4.78 is 11.3. The number of aryl methyl sites for hydroxylation is 1. The molecular weight excluding hydrogens is 522 g/mol. The molecule has 3 atom stereocenters. The van der Waals surface area contributed by atoms with E-state index in [1.54, 1.807) is 44.2 Å². The number of benzene rings is 3. The molecule has 3 aliphatic rings. The van der Waals surface area contributed by atoms with E-state index >= 15 is 0 Å². The van der Waals surface area contributed by atoms with Crippen LogP contribution in [-0.2, 0) is 19.1 Å². The van der Waals surface area contributed by atoms with Crippen LogP contribution in [0.4, 0.5) is 5.69 Å². The van der Waals surface area contributed by atoms with Crippen molar-refractivity contribution in [1.29, 1.82) is 0 Å². The van der Waals surface area contributed by atoms with Crippen molar-refractivity contribution in [1.82, 2.24) is 0 Å². The first kappa shape index (κ1) is 25.2. The molecule has 2 heterocycles. The van der Waals surface area contributed by atoms with Gasteiger partial charge >= 0.3 is 5.97 Å². The van der Waals surface area contributed by atoms with Crippen LogP contribution in [0.15, 0.2) is 66.7 Å². The molecule has 6 rings (SSSR count). The number of ether oxygens (including phenoxy) is 2. The number of imide groups is 1. The zero-order valence-corrected chi connectivity index (χ0v) is 21.7. The summed E-state index contributed by atoms with van der Waals surface area (Å²) in [4.78, 5) is 68.8. The Balaban J connectivity index is 1.48. The van der Waals surface area contributed by atoms with Crippen LogP contribution in [0.25, 0.3) is 0 Å². The second-order valence-electron chi connectivity index (χ2n) is 9.77. The van der Waals surface area contributed by atoms with Gasteiger partial charge in [-0.25, -0.2) is 9.69 Å². The van der Waals surface area contributed by atoms with E-state index in [1.165, 1.54) is 36.4 Å². The average molecular weight is 544 g/mol. The van der Waals surface area contributed by atoms with E-state index in [0.717, 1.165) is 4.90 Å². The molecule has 0 unspecified atom stereocenters. The van der Waals surface area contributed by atoms with Crippen molar-refractivity contribution in [2.45, 2.75) is 25.6 Å². The fourth-order valence-electron chi connectivity index (χ4n) is 5.88. The quantitative estimate of drug-likeness (QED) is 0.270. The molecule has 196 valence electrons. The predicted molar refractivity (Wildman–Crippen MR) is 140 cm³/mol. The van der Waals surface area contributed by atoms with Gasteiger partial charge in [0.2, 0.25) is 29.0 Å². The maximum atomic E-state index is 14.0. The van der Waals surface area contributed by atoms with E-state index in [2.05, 4.69) is 0 Å². The summed E-state index contributed by atoms with van der Waals surface area (Å²) in [5.41, 5.74) is -0.140. The molecule has 0 saturated carbocycles. The zero-order chi connectivity index (χ0) is 27.6. The lowest BCUT2D eigenvalue weighted by Crippen LogP contribution is -2.51. The number of rotatable bonds is 4. The van der Waals surface area contributed by atoms with Crippen LogP contribution in [0.5, 0.6) is 0 Å². The third-order valence-corrected chi connectivity index (χ3v) is 8.09. The Kier molecular flexibility index (Phi) is 5.78. The Bertz CT molecular complexity index is 1560. The van der Waals surface area contributed by atoms with Crippen molar-refractivity contribution in [3.63, 3.8) is 0 Å². The molecule has 2 saturated heterocycles. The average Bonchev–Trinajstić information content (AvgIpc) is 3.50. The second kappa shape index (κ2) is 8.97. The maximum Gasteiger partial charge on any atom is 0.338 e. The highest BCUT2D eigenvalue weighted by Gasteiger charge is 2.74. The molecule has 2 amide bonds. The van der Waals surface area contributed by atoms with Crippen LogP contribution < -0.4 is 4.90 Å². The van der Waals surface area contributed by atoms with Crippen LogP contribution in [0.3, 0.4) is 0 Å². The minimum atomic E-state index is -2.17. The fraction of sp³-hybridized carbons (Fsp3) is 0.233. The first-order chi connectivity index (χ1) is 18.7. The number of hydrogen-bond donors (Lipinski definition) is 0. The first-order valence-electron chi connectivity index (χ1n) is 12.5. The predicted octanol–water partition coefficient (Wildman–Crippen LogP) is 4.52. The monoisotopic (exact) mass is 543 g/mol. The van der Waals surface area contributed by atoms with Gasteiger partial charge in [0.25, 0.3) is 0 Å². The van der Waals surface area contributed by atoms with Gasteiger partial charge in [0.15, 0.2) is 0 Å². The van der Waals surface area contributed by atoms with Gasteiger partial charge in [0, 0.05) is 16.1 Å². The number of halogens is 1. The molecule has 0 N–H and O–H groups in total. The molecule has 1 aliphatic carbocycles. The Labute approximate surface area is 228 Å². The van der Waals surface area contributed by atoms with E-state index in [9.17, 15) is 24.0 Å². The Hall–Kier alpha value is -4.14. The van der Waals surface area contributed by atoms with E-state index in [0.29, 0.717) is 16.1 Å². The van der Waals surface area contributed by atoms with Crippen LogP contribution >= 0.6 is 11.6 Å². The summed E-state index contributed by atoms with van der Waals surface area (Å²) in [6, 6.07) is 17.2. The van der Waals surface area contributed by atoms with Crippen LogP contribution in [0, 0.1) is 18.8 Å². The van der Waals surface area contributed by atoms with Gasteiger partial charge in [-0.05, 0) is 55.3 Å². The second-order valence-corrected chi connectivity index (χ2v) is 10.2. The van der Waals surface area contributed by atoms with E-state index in [1.807, 2.05) is 0 Å². The van der Waals surface area contributed by atoms with Gasteiger partial charge in [-0.1, -0.05) is 48.0 Å². The Morgan fingerprint density at radius 3 is 2.18 bits per heavy atom. The van der Waals surface area contributed by atoms with Crippen molar-refractivity contribution in [2.75, 3.05) is 11.5 Å². The number of carbonyl (C=O) groups excluding carboxylic acids is 5. The van der Waals surface area contributed by atoms with Crippen LogP contribution in [0.1, 0.15) is 55.2 Å². The van der Waals surface area contributed by atoms with Crippen molar-refractivity contribution < 1.29 is 33.4 Å². The molecular formula is C30H22ClNO7. The van der Waals surface area contributed by atoms with Crippen molar-refractivity contribution in [2.24, 2.45) is 11.8 Å². The van der Waals surface area contributed by atoms with Crippen molar-refractivity contribution >= 4 is 46.6 Å². The molecule has 3 aromatic carbocycles. The molecule has 0 bridgehead atoms. The van der Waals surface area contributed by atoms with Gasteiger partial charge < -0.3 is 9.47 Å². The van der Waals surface area contributed by atoms with E-state index in [4.69, 9.17) is 21.1 Å². The van der Waals surface area contributed by atoms with Gasteiger partial charge in [0.1, 0.15) is 0 Å². The summed E-state index contributed by atoms with van der Waals surface area (Å²) in [6.45, 7) is 3.67. The summed E-state index contributed by atoms with van der Waals surface area (Å²) in [5.74, 6) is -5.62. The Morgan fingerprint density at radius 1 is 0.949 bits per heavy atom. The van der Waals surface area contributed by atoms with Crippen LogP contribution in [-0.4, -0.2) is 41.6 Å². The van der Waals surface area contributed by atoms with Gasteiger partial charge in [-0.15, -0.1) is 0 Å². The summed E-state index contributed by atoms with van der Waals surface area (Å²) in [6.07, 6.45) is -1.05. The summed E-state index contributed by atoms with van der Waals surface area (Å²) in [5, 5.41) is 0.501. The van der Waals surface area contributed by atoms with Gasteiger partial charge in [0.05, 0.1) is 35.8 Å². The van der Waals surface area contributed by atoms with E-state index < -0.39 is 52.9 Å². The largest absolute Gasteiger partial charge is 0.462 e. The summed E-state index contributed by atoms with van der Waals surface area (Å²) >= 11 is 6.22. The number of hydrogen-bond acceptors (Lipinski definition) is 7. The molecule has 1 spiro atoms. The number of anilines is 1. The van der Waals surface area contributed by atoms with E-state index in [-0.39, 0.29) is 29.0 Å². The lowest BCUT2D eigenvalue weighted by Gasteiger charge is -2.27. The highest BCUT2D eigenvalue weighted by atomic mass is 35.5. The standard InChI is InChI=1S/C30H22ClNO7/c1-3-38-29(37)16-8-11-18(12-9-16)32-27(35)22-23(28(32)36)30(25(33)19-6-4-5-7-20(19)26(30)34)39-24(22)17-10-13-21(31)15(2)14-17/h4-14,22-24H,3H2,1-2H3/t22-,23+,24-/m1/s1. The number of nitrogens with zero attached hydrogens (tertiary/aromatic N) is 1. The molecule has 2 aliphatic heterocycles. The normalized spacial score (nSPS) is 22.9. The van der Waals surface area contributed by atoms with Gasteiger partial charge in [-0.2, -0.15) is 0 Å². The van der Waals surface area contributed by atoms with Gasteiger partial charge in [-0.3, -0.25) is 19.2 Å². The molecule has 9 heteroatoms. The SMILES string of the molecule is CCOC(=O)c1ccc(N2C(=O)[C@H]3[C@@H](c4ccc(Cl)c(C)c4)OC4(C(=O)c5ccccc5C4=O)[C@@H]3C2=O)cc1. The lowest BCUT2D eigenvalue weighted by atomic mass is 9.77. The zero-order valence-electron chi connectivity index (χ0n) is 21.0. The number of esters is 1. The number of carbonyl (C=O) groups is 5. The summed E-state index contributed by atoms with van der Waals surface area (Å²) in [7, 11) is 0. The third-order valence-electron chi connectivity index (χ3n) is 7.67. The first-order valence-corrected chi connectivity index (χ1v) is 12.9. The number of ketones is 2. The topological polar surface area (TPSA) is 107 Å². The molecule has 8 nitrogen and oxygen atoms in total. The maximum absolute atomic E-state index is 14.0. The molecule has 0 radical (unpaired) electrons. The number of fused-ring (bicyclic) bond motifs is 3. The molecule has 2 fully saturated rings. The minimum Gasteiger partial charge on any atom is -0.462 e. The van der Waals surface area contributed by atoms with Crippen molar-refractivity contribution in [3.8, 4) is 0 Å². The Morgan fingerprint density at radius 2 is 1.59 bits per heavy atom. The smallest absolute Gasteiger partial charge is 0.338 e. The third kappa shape index (κ3) is 3.45. The van der Waals surface area contributed by atoms with Crippen LogP contribution in [0.2, 0.25) is 5.02 Å². The highest BCUT2D eigenvalue weighted by Crippen LogP contribution is 2.57. The molecule has 39 heavy (non-hydrogen) atoms. The highest BCUT2D eigenvalue weighted by molar-refractivity contribution is 6.37. The number of Topliss-reactive ketones (excluding diaryl/α,β-unsaturated/α-hetero) is 2. The molecule has 0 aromatic heterocycles. The fourth-order valence-corrected chi connectivity index (χ4v) is 6.00. The molecule has 3 aromatic rings. The minimum absolute atomic E-state index is 0.159. The lowest BCUT2D eigenvalue weighted by molar-refractivity contribution is -0.127. The number of amides is 2.